The number of allylic oxidation sites excluding steroid dienone is 3. The van der Waals surface area contributed by atoms with Crippen LogP contribution in [0.25, 0.3) is 0 Å². The van der Waals surface area contributed by atoms with Crippen molar-refractivity contribution in [3.05, 3.63) is 64.6 Å². The molecule has 8 heteroatoms. The van der Waals surface area contributed by atoms with Crippen molar-refractivity contribution in [3.63, 3.8) is 0 Å². The highest BCUT2D eigenvalue weighted by Crippen LogP contribution is 2.18. The Morgan fingerprint density at radius 1 is 0.938 bits per heavy atom. The van der Waals surface area contributed by atoms with Crippen molar-refractivity contribution in [2.45, 2.75) is 73.6 Å². The summed E-state index contributed by atoms with van der Waals surface area (Å²) in [7, 11) is 0. The number of amides is 1. The van der Waals surface area contributed by atoms with Crippen LogP contribution in [-0.4, -0.2) is 16.1 Å². The Hall–Kier alpha value is -2.87. The number of nitrogens with one attached hydrogen (secondary N) is 1. The van der Waals surface area contributed by atoms with Crippen molar-refractivity contribution in [2.75, 3.05) is 5.32 Å². The van der Waals surface area contributed by atoms with Gasteiger partial charge in [0.15, 0.2) is 0 Å². The lowest BCUT2D eigenvalue weighted by Gasteiger charge is -2.01. The van der Waals surface area contributed by atoms with Crippen LogP contribution in [0.2, 0.25) is 0 Å². The molecule has 2 rings (SSSR count). The molecule has 0 aliphatic heterocycles. The van der Waals surface area contributed by atoms with E-state index in [9.17, 15) is 4.79 Å². The minimum absolute atomic E-state index is 0.0935. The third-order valence-electron chi connectivity index (χ3n) is 3.52. The molecule has 1 aromatic carbocycles. The molecule has 0 spiro atoms. The van der Waals surface area contributed by atoms with Gasteiger partial charge in [-0.2, -0.15) is 0 Å². The van der Waals surface area contributed by atoms with Crippen molar-refractivity contribution in [1.29, 1.82) is 0 Å². The first-order chi connectivity index (χ1) is 15.5. The van der Waals surface area contributed by atoms with Gasteiger partial charge in [-0.3, -0.25) is 4.79 Å². The van der Waals surface area contributed by atoms with E-state index < -0.39 is 0 Å². The molecule has 0 aliphatic rings. The number of rotatable bonds is 9. The summed E-state index contributed by atoms with van der Waals surface area (Å²) < 4.78 is 0. The fourth-order valence-corrected chi connectivity index (χ4v) is 3.04. The molecule has 0 fully saturated rings. The van der Waals surface area contributed by atoms with Gasteiger partial charge in [-0.25, -0.2) is 0 Å². The van der Waals surface area contributed by atoms with Crippen LogP contribution < -0.4 is 22.5 Å². The molecule has 0 saturated carbocycles. The molecule has 0 aliphatic carbocycles. The van der Waals surface area contributed by atoms with Crippen LogP contribution in [0.15, 0.2) is 54.0 Å². The first-order valence-corrected chi connectivity index (χ1v) is 12.2. The van der Waals surface area contributed by atoms with Crippen molar-refractivity contribution < 1.29 is 4.79 Å². The quantitative estimate of drug-likeness (QED) is 0.302. The second kappa shape index (κ2) is 21.4. The Kier molecular flexibility index (Phi) is 20.9. The number of hydrogen-bond acceptors (Lipinski definition) is 7. The third-order valence-corrected chi connectivity index (χ3v) is 4.42. The average Bonchev–Trinajstić information content (AvgIpc) is 3.27. The minimum Gasteiger partial charge on any atom is -0.402 e. The molecule has 0 unspecified atom stereocenters. The molecule has 2 aromatic rings. The van der Waals surface area contributed by atoms with E-state index in [4.69, 9.17) is 17.2 Å². The molecule has 7 nitrogen and oxygen atoms in total. The summed E-state index contributed by atoms with van der Waals surface area (Å²) in [5.74, 6) is 0.146. The second-order valence-electron chi connectivity index (χ2n) is 5.83. The van der Waals surface area contributed by atoms with E-state index in [0.29, 0.717) is 11.6 Å². The molecule has 7 N–H and O–H groups in total. The van der Waals surface area contributed by atoms with Gasteiger partial charge in [-0.15, -0.1) is 10.2 Å². The Bertz CT molecular complexity index is 768. The summed E-state index contributed by atoms with van der Waals surface area (Å²) in [5, 5.41) is 12.4. The van der Waals surface area contributed by atoms with Crippen LogP contribution in [0, 0.1) is 0 Å². The number of aromatic nitrogens is 2. The van der Waals surface area contributed by atoms with E-state index in [0.717, 1.165) is 42.0 Å². The number of hydrogen-bond donors (Lipinski definition) is 4. The van der Waals surface area contributed by atoms with Crippen LogP contribution >= 0.6 is 11.3 Å². The molecule has 1 aromatic heterocycles. The summed E-state index contributed by atoms with van der Waals surface area (Å²) in [5.41, 5.74) is 18.3. The Morgan fingerprint density at radius 3 is 2.16 bits per heavy atom. The average molecular weight is 463 g/mol. The summed E-state index contributed by atoms with van der Waals surface area (Å²) in [4.78, 5) is 12.0. The van der Waals surface area contributed by atoms with Crippen LogP contribution in [0.1, 0.15) is 71.4 Å². The Balaban J connectivity index is 0. The smallest absolute Gasteiger partial charge is 0.230 e. The predicted molar refractivity (Wildman–Crippen MR) is 139 cm³/mol. The normalized spacial score (nSPS) is 9.62. The maximum Gasteiger partial charge on any atom is 0.230 e. The molecule has 32 heavy (non-hydrogen) atoms. The lowest BCUT2D eigenvalue weighted by atomic mass is 10.1. The van der Waals surface area contributed by atoms with Crippen molar-refractivity contribution >= 4 is 22.4 Å². The number of nitrogens with two attached hydrogens (primary N) is 3. The second-order valence-corrected chi connectivity index (χ2v) is 6.89. The van der Waals surface area contributed by atoms with Gasteiger partial charge in [0, 0.05) is 12.1 Å². The van der Waals surface area contributed by atoms with Crippen molar-refractivity contribution in [1.82, 2.24) is 10.2 Å². The van der Waals surface area contributed by atoms with E-state index in [2.05, 4.69) is 15.5 Å². The van der Waals surface area contributed by atoms with E-state index in [1.807, 2.05) is 71.9 Å². The summed E-state index contributed by atoms with van der Waals surface area (Å²) in [6, 6.07) is 9.59. The van der Waals surface area contributed by atoms with E-state index >= 15 is 0 Å². The fourth-order valence-electron chi connectivity index (χ4n) is 2.24. The number of carbonyl (C=O) groups excluding carboxylic acids is 1. The molecule has 0 atom stereocenters. The molecular formula is C24H42N6OS. The zero-order valence-corrected chi connectivity index (χ0v) is 21.3. The highest BCUT2D eigenvalue weighted by atomic mass is 32.1. The molecule has 0 saturated heterocycles. The standard InChI is InChI=1S/C18H24N6OS.3C2H6/c19-14(10-11-15(20)21)8-4-5-9-17-23-24-18(26-17)22-16(25)12-13-6-2-1-3-7-13;3*1-2/h1-3,6-7,10-11H,4-5,8-9,12,19-21H2,(H,22,24,25);3*1-2H3/b14-10-;;;. The lowest BCUT2D eigenvalue weighted by molar-refractivity contribution is -0.115. The van der Waals surface area contributed by atoms with Crippen molar-refractivity contribution in [2.24, 2.45) is 17.2 Å². The first kappa shape index (κ1) is 31.3. The van der Waals surface area contributed by atoms with Gasteiger partial charge >= 0.3 is 0 Å². The van der Waals surface area contributed by atoms with Crippen LogP contribution in [-0.2, 0) is 17.6 Å². The molecule has 1 heterocycles. The zero-order chi connectivity index (χ0) is 24.8. The largest absolute Gasteiger partial charge is 0.402 e. The molecule has 0 radical (unpaired) electrons. The molecular weight excluding hydrogens is 420 g/mol. The maximum absolute atomic E-state index is 12.0. The lowest BCUT2D eigenvalue weighted by Crippen LogP contribution is -2.14. The predicted octanol–water partition coefficient (Wildman–Crippen LogP) is 5.11. The van der Waals surface area contributed by atoms with Gasteiger partial charge in [-0.1, -0.05) is 83.2 Å². The van der Waals surface area contributed by atoms with Gasteiger partial charge < -0.3 is 22.5 Å². The van der Waals surface area contributed by atoms with Crippen molar-refractivity contribution in [3.8, 4) is 0 Å². The fraction of sp³-hybridized carbons (Fsp3) is 0.458. The van der Waals surface area contributed by atoms with E-state index in [1.165, 1.54) is 11.3 Å². The number of benzene rings is 1. The first-order valence-electron chi connectivity index (χ1n) is 11.4. The third kappa shape index (κ3) is 15.9. The van der Waals surface area contributed by atoms with Gasteiger partial charge in [0.2, 0.25) is 11.0 Å². The van der Waals surface area contributed by atoms with Crippen LogP contribution in [0.5, 0.6) is 0 Å². The summed E-state index contributed by atoms with van der Waals surface area (Å²) >= 11 is 1.40. The topological polar surface area (TPSA) is 133 Å². The number of carbonyl (C=O) groups is 1. The molecule has 0 bridgehead atoms. The highest BCUT2D eigenvalue weighted by molar-refractivity contribution is 7.15. The summed E-state index contributed by atoms with van der Waals surface area (Å²) in [6.07, 6.45) is 7.06. The van der Waals surface area contributed by atoms with Gasteiger partial charge in [-0.05, 0) is 37.0 Å². The van der Waals surface area contributed by atoms with Crippen LogP contribution in [0.3, 0.4) is 0 Å². The van der Waals surface area contributed by atoms with E-state index in [1.54, 1.807) is 12.2 Å². The minimum atomic E-state index is -0.0935. The maximum atomic E-state index is 12.0. The van der Waals surface area contributed by atoms with Crippen LogP contribution in [0.4, 0.5) is 5.13 Å². The van der Waals surface area contributed by atoms with Gasteiger partial charge in [0.1, 0.15) is 5.01 Å². The number of anilines is 1. The number of nitrogens with zero attached hydrogens (tertiary/aromatic N) is 2. The summed E-state index contributed by atoms with van der Waals surface area (Å²) in [6.45, 7) is 12.0. The highest BCUT2D eigenvalue weighted by Gasteiger charge is 2.09. The number of aryl methyl sites for hydroxylation is 1. The number of unbranched alkanes of at least 4 members (excludes halogenated alkanes) is 1. The van der Waals surface area contributed by atoms with E-state index in [-0.39, 0.29) is 11.7 Å². The van der Waals surface area contributed by atoms with Gasteiger partial charge in [0.25, 0.3) is 0 Å². The monoisotopic (exact) mass is 462 g/mol. The molecule has 180 valence electrons. The Labute approximate surface area is 198 Å². The molecule has 1 amide bonds. The Morgan fingerprint density at radius 2 is 1.56 bits per heavy atom. The SMILES string of the molecule is CC.CC.CC.NC(N)=C/C=C(\N)CCCCc1nnc(NC(=O)Cc2ccccc2)s1. The zero-order valence-electron chi connectivity index (χ0n) is 20.5. The van der Waals surface area contributed by atoms with Gasteiger partial charge in [0.05, 0.1) is 12.2 Å².